The highest BCUT2D eigenvalue weighted by Crippen LogP contribution is 2.42. The number of hydrogen-bond acceptors (Lipinski definition) is 8. The van der Waals surface area contributed by atoms with E-state index in [1.165, 1.54) is 12.0 Å². The lowest BCUT2D eigenvalue weighted by Gasteiger charge is -2.35. The van der Waals surface area contributed by atoms with Crippen molar-refractivity contribution < 1.29 is 8.78 Å². The fraction of sp³-hybridized carbons (Fsp3) is 0.346. The highest BCUT2D eigenvalue weighted by molar-refractivity contribution is 5.94. The Labute approximate surface area is 207 Å². The van der Waals surface area contributed by atoms with E-state index >= 15 is 0 Å². The zero-order valence-electron chi connectivity index (χ0n) is 19.9. The smallest absolute Gasteiger partial charge is 0.214 e. The molecule has 2 fully saturated rings. The second kappa shape index (κ2) is 9.34. The lowest BCUT2D eigenvalue weighted by Crippen LogP contribution is -2.49. The van der Waals surface area contributed by atoms with Gasteiger partial charge in [0.15, 0.2) is 17.5 Å². The molecule has 5 heterocycles. The van der Waals surface area contributed by atoms with Gasteiger partial charge in [-0.3, -0.25) is 4.98 Å². The van der Waals surface area contributed by atoms with Crippen molar-refractivity contribution in [3.63, 3.8) is 0 Å². The van der Waals surface area contributed by atoms with E-state index in [4.69, 9.17) is 9.97 Å². The third kappa shape index (κ3) is 4.32. The maximum absolute atomic E-state index is 14.1. The van der Waals surface area contributed by atoms with Crippen molar-refractivity contribution in [1.29, 1.82) is 0 Å². The summed E-state index contributed by atoms with van der Waals surface area (Å²) in [5.41, 5.74) is 2.72. The Hall–Kier alpha value is -3.79. The first kappa shape index (κ1) is 22.7. The second-order valence-electron chi connectivity index (χ2n) is 9.44. The van der Waals surface area contributed by atoms with Crippen molar-refractivity contribution in [2.24, 2.45) is 0 Å². The molecule has 0 spiro atoms. The van der Waals surface area contributed by atoms with E-state index in [-0.39, 0.29) is 5.82 Å². The van der Waals surface area contributed by atoms with Gasteiger partial charge in [-0.15, -0.1) is 0 Å². The van der Waals surface area contributed by atoms with Crippen molar-refractivity contribution >= 4 is 28.4 Å². The van der Waals surface area contributed by atoms with E-state index in [1.807, 2.05) is 6.20 Å². The third-order valence-corrected chi connectivity index (χ3v) is 6.91. The Morgan fingerprint density at radius 2 is 1.97 bits per heavy atom. The molecule has 6 rings (SSSR count). The van der Waals surface area contributed by atoms with E-state index in [2.05, 4.69) is 37.4 Å². The molecule has 0 radical (unpaired) electrons. The van der Waals surface area contributed by atoms with E-state index in [0.717, 1.165) is 61.3 Å². The molecule has 8 nitrogen and oxygen atoms in total. The molecular weight excluding hydrogens is 462 g/mol. The monoisotopic (exact) mass is 488 g/mol. The number of anilines is 3. The normalized spacial score (nSPS) is 18.3. The summed E-state index contributed by atoms with van der Waals surface area (Å²) in [5, 5.41) is 7.33. The number of pyridine rings is 3. The van der Waals surface area contributed by atoms with Gasteiger partial charge < -0.3 is 15.5 Å². The van der Waals surface area contributed by atoms with Crippen LogP contribution in [-0.4, -0.2) is 50.6 Å². The lowest BCUT2D eigenvalue weighted by atomic mass is 9.79. The van der Waals surface area contributed by atoms with Crippen molar-refractivity contribution in [3.05, 3.63) is 60.2 Å². The van der Waals surface area contributed by atoms with E-state index < -0.39 is 11.8 Å². The van der Waals surface area contributed by atoms with Crippen LogP contribution in [0.2, 0.25) is 0 Å². The third-order valence-electron chi connectivity index (χ3n) is 6.91. The number of piperazine rings is 1. The Balaban J connectivity index is 1.44. The maximum Gasteiger partial charge on any atom is 0.214 e. The molecule has 1 aliphatic heterocycles. The van der Waals surface area contributed by atoms with Crippen LogP contribution < -0.4 is 15.5 Å². The van der Waals surface area contributed by atoms with Crippen LogP contribution in [0.25, 0.3) is 22.3 Å². The Bertz CT molecular complexity index is 1420. The maximum atomic E-state index is 14.1. The quantitative estimate of drug-likeness (QED) is 0.395. The number of fused-ring (bicyclic) bond motifs is 1. The van der Waals surface area contributed by atoms with Crippen LogP contribution in [0.15, 0.2) is 42.9 Å². The van der Waals surface area contributed by atoms with Crippen molar-refractivity contribution in [3.8, 4) is 11.4 Å². The topological polar surface area (TPSA) is 91.8 Å². The molecule has 0 amide bonds. The highest BCUT2D eigenvalue weighted by atomic mass is 19.1. The SMILES string of the molecule is C[C@H]1CN(c2nc(-c3ccnc(Nc4nc(F)ccc4F)c3)nc3cncc(C4CCC4)c23)CCN1. The minimum atomic E-state index is -0.780. The lowest BCUT2D eigenvalue weighted by molar-refractivity contribution is 0.421. The average molecular weight is 489 g/mol. The zero-order chi connectivity index (χ0) is 24.6. The van der Waals surface area contributed by atoms with Crippen LogP contribution in [0, 0.1) is 11.8 Å². The Morgan fingerprint density at radius 1 is 1.08 bits per heavy atom. The van der Waals surface area contributed by atoms with Gasteiger partial charge in [0.2, 0.25) is 5.95 Å². The first-order valence-corrected chi connectivity index (χ1v) is 12.2. The molecule has 4 aromatic rings. The summed E-state index contributed by atoms with van der Waals surface area (Å²) < 4.78 is 27.7. The van der Waals surface area contributed by atoms with Gasteiger partial charge in [0.05, 0.1) is 11.7 Å². The van der Waals surface area contributed by atoms with Gasteiger partial charge >= 0.3 is 0 Å². The van der Waals surface area contributed by atoms with Crippen LogP contribution in [0.3, 0.4) is 0 Å². The number of aromatic nitrogens is 5. The number of hydrogen-bond donors (Lipinski definition) is 2. The first-order valence-electron chi connectivity index (χ1n) is 12.2. The molecule has 2 N–H and O–H groups in total. The molecule has 36 heavy (non-hydrogen) atoms. The number of rotatable bonds is 5. The molecule has 1 saturated heterocycles. The van der Waals surface area contributed by atoms with Gasteiger partial charge in [-0.05, 0) is 55.5 Å². The number of nitrogens with zero attached hydrogens (tertiary/aromatic N) is 6. The van der Waals surface area contributed by atoms with Gasteiger partial charge in [0, 0.05) is 49.0 Å². The van der Waals surface area contributed by atoms with Crippen molar-refractivity contribution in [1.82, 2.24) is 30.2 Å². The summed E-state index contributed by atoms with van der Waals surface area (Å²) in [6.45, 7) is 4.73. The zero-order valence-corrected chi connectivity index (χ0v) is 19.9. The Kier molecular flexibility index (Phi) is 5.88. The molecule has 1 atom stereocenters. The average Bonchev–Trinajstić information content (AvgIpc) is 2.85. The van der Waals surface area contributed by atoms with E-state index in [9.17, 15) is 8.78 Å². The van der Waals surface area contributed by atoms with Gasteiger partial charge in [0.1, 0.15) is 11.6 Å². The number of halogens is 2. The van der Waals surface area contributed by atoms with Crippen LogP contribution >= 0.6 is 0 Å². The summed E-state index contributed by atoms with van der Waals surface area (Å²) in [6.07, 6.45) is 8.89. The van der Waals surface area contributed by atoms with Gasteiger partial charge in [-0.2, -0.15) is 9.37 Å². The minimum Gasteiger partial charge on any atom is -0.353 e. The molecular formula is C26H26F2N8. The van der Waals surface area contributed by atoms with Gasteiger partial charge in [-0.1, -0.05) is 6.42 Å². The summed E-state index contributed by atoms with van der Waals surface area (Å²) >= 11 is 0. The van der Waals surface area contributed by atoms with Gasteiger partial charge in [-0.25, -0.2) is 19.3 Å². The molecule has 1 aliphatic carbocycles. The molecule has 4 aromatic heterocycles. The summed E-state index contributed by atoms with van der Waals surface area (Å²) in [7, 11) is 0. The number of nitrogens with one attached hydrogen (secondary N) is 2. The molecule has 0 unspecified atom stereocenters. The Morgan fingerprint density at radius 3 is 2.78 bits per heavy atom. The van der Waals surface area contributed by atoms with Crippen LogP contribution in [0.4, 0.5) is 26.2 Å². The minimum absolute atomic E-state index is 0.232. The van der Waals surface area contributed by atoms with E-state index in [1.54, 1.807) is 24.5 Å². The summed E-state index contributed by atoms with van der Waals surface area (Å²) in [4.78, 5) is 24.6. The predicted octanol–water partition coefficient (Wildman–Crippen LogP) is 4.57. The predicted molar refractivity (Wildman–Crippen MR) is 134 cm³/mol. The van der Waals surface area contributed by atoms with Crippen molar-refractivity contribution in [2.45, 2.75) is 38.1 Å². The highest BCUT2D eigenvalue weighted by Gasteiger charge is 2.27. The molecule has 2 aliphatic rings. The fourth-order valence-corrected chi connectivity index (χ4v) is 4.87. The molecule has 184 valence electrons. The second-order valence-corrected chi connectivity index (χ2v) is 9.44. The first-order chi connectivity index (χ1) is 17.5. The van der Waals surface area contributed by atoms with Gasteiger partial charge in [0.25, 0.3) is 0 Å². The van der Waals surface area contributed by atoms with Crippen LogP contribution in [0.5, 0.6) is 0 Å². The molecule has 0 aromatic carbocycles. The fourth-order valence-electron chi connectivity index (χ4n) is 4.87. The van der Waals surface area contributed by atoms with Crippen LogP contribution in [0.1, 0.15) is 37.7 Å². The molecule has 10 heteroatoms. The molecule has 0 bridgehead atoms. The van der Waals surface area contributed by atoms with E-state index in [0.29, 0.717) is 29.2 Å². The summed E-state index contributed by atoms with van der Waals surface area (Å²) in [6, 6.07) is 5.84. The molecule has 1 saturated carbocycles. The standard InChI is InChI=1S/C26H26F2N8/c1-15-14-36(10-9-30-15)26-23-18(16-3-2-4-16)12-29-13-20(23)32-24(35-26)17-7-8-31-22(11-17)34-25-19(27)5-6-21(28)33-25/h5-8,11-13,15-16,30H,2-4,9-10,14H2,1H3,(H,31,33,34)/t15-/m0/s1. The largest absolute Gasteiger partial charge is 0.353 e. The van der Waals surface area contributed by atoms with Crippen LogP contribution in [-0.2, 0) is 0 Å². The van der Waals surface area contributed by atoms with Crippen molar-refractivity contribution in [2.75, 3.05) is 29.9 Å². The summed E-state index contributed by atoms with van der Waals surface area (Å²) in [5.74, 6) is 0.551.